The van der Waals surface area contributed by atoms with Gasteiger partial charge in [0.15, 0.2) is 0 Å². The number of aryl methyl sites for hydroxylation is 2. The fraction of sp³-hybridized carbons (Fsp3) is 0.214. The minimum Gasteiger partial charge on any atom is -0.399 e. The number of benzene rings is 1. The van der Waals surface area contributed by atoms with E-state index in [1.807, 2.05) is 51.1 Å². The highest BCUT2D eigenvalue weighted by molar-refractivity contribution is 5.99. The van der Waals surface area contributed by atoms with Crippen LogP contribution < -0.4 is 11.2 Å². The zero-order valence-electron chi connectivity index (χ0n) is 11.3. The minimum absolute atomic E-state index is 0.694. The third-order valence-electron chi connectivity index (χ3n) is 2.63. The second-order valence-corrected chi connectivity index (χ2v) is 4.37. The molecule has 0 aliphatic heterocycles. The fourth-order valence-corrected chi connectivity index (χ4v) is 1.70. The van der Waals surface area contributed by atoms with Crippen molar-refractivity contribution in [3.05, 3.63) is 47.4 Å². The number of hydrogen-bond acceptors (Lipinski definition) is 5. The predicted octanol–water partition coefficient (Wildman–Crippen LogP) is 2.51. The van der Waals surface area contributed by atoms with Crippen LogP contribution in [0.15, 0.2) is 35.4 Å². The minimum atomic E-state index is 0.694. The number of nitrogens with zero attached hydrogens (tertiary/aromatic N) is 3. The number of nitrogens with one attached hydrogen (secondary N) is 1. The van der Waals surface area contributed by atoms with Crippen LogP contribution in [-0.2, 0) is 0 Å². The molecule has 0 spiro atoms. The molecule has 0 saturated carbocycles. The van der Waals surface area contributed by atoms with Gasteiger partial charge >= 0.3 is 0 Å². The van der Waals surface area contributed by atoms with Crippen molar-refractivity contribution in [1.29, 1.82) is 0 Å². The lowest BCUT2D eigenvalue weighted by Gasteiger charge is -2.05. The zero-order chi connectivity index (χ0) is 13.8. The van der Waals surface area contributed by atoms with Crippen LogP contribution in [0.1, 0.15) is 24.0 Å². The predicted molar refractivity (Wildman–Crippen MR) is 78.2 cm³/mol. The number of anilines is 2. The average molecular weight is 255 g/mol. The number of aromatic nitrogens is 2. The number of hydrogen-bond donors (Lipinski definition) is 2. The van der Waals surface area contributed by atoms with E-state index in [0.717, 1.165) is 28.5 Å². The van der Waals surface area contributed by atoms with Crippen LogP contribution >= 0.6 is 0 Å². The Morgan fingerprint density at radius 2 is 1.84 bits per heavy atom. The Hall–Kier alpha value is -2.43. The van der Waals surface area contributed by atoms with Crippen LogP contribution in [0, 0.1) is 13.8 Å². The lowest BCUT2D eigenvalue weighted by Crippen LogP contribution is -2.03. The second kappa shape index (κ2) is 5.48. The normalized spacial score (nSPS) is 11.4. The summed E-state index contributed by atoms with van der Waals surface area (Å²) in [6.45, 7) is 5.71. The van der Waals surface area contributed by atoms with Gasteiger partial charge in [0.2, 0.25) is 0 Å². The molecule has 0 fully saturated rings. The molecule has 2 rings (SSSR count). The lowest BCUT2D eigenvalue weighted by atomic mass is 10.1. The summed E-state index contributed by atoms with van der Waals surface area (Å²) < 4.78 is 0. The third kappa shape index (κ3) is 3.51. The molecule has 1 heterocycles. The van der Waals surface area contributed by atoms with Crippen LogP contribution in [0.2, 0.25) is 0 Å². The third-order valence-corrected chi connectivity index (χ3v) is 2.63. The van der Waals surface area contributed by atoms with E-state index >= 15 is 0 Å². The van der Waals surface area contributed by atoms with E-state index in [1.54, 1.807) is 0 Å². The molecule has 98 valence electrons. The smallest absolute Gasteiger partial charge is 0.150 e. The Kier molecular flexibility index (Phi) is 3.75. The van der Waals surface area contributed by atoms with Crippen LogP contribution in [0.4, 0.5) is 11.5 Å². The maximum Gasteiger partial charge on any atom is 0.150 e. The molecular weight excluding hydrogens is 238 g/mol. The molecule has 2 aromatic rings. The number of rotatable bonds is 3. The van der Waals surface area contributed by atoms with Gasteiger partial charge in [0.25, 0.3) is 0 Å². The Balaban J connectivity index is 2.15. The number of hydrazone groups is 1. The van der Waals surface area contributed by atoms with Crippen molar-refractivity contribution in [2.45, 2.75) is 20.8 Å². The maximum absolute atomic E-state index is 5.65. The zero-order valence-corrected chi connectivity index (χ0v) is 11.3. The molecule has 5 heteroatoms. The van der Waals surface area contributed by atoms with Crippen molar-refractivity contribution in [3.8, 4) is 0 Å². The van der Waals surface area contributed by atoms with Gasteiger partial charge in [0.1, 0.15) is 11.6 Å². The first-order valence-electron chi connectivity index (χ1n) is 6.03. The lowest BCUT2D eigenvalue weighted by molar-refractivity contribution is 1.00. The molecule has 19 heavy (non-hydrogen) atoms. The van der Waals surface area contributed by atoms with Crippen molar-refractivity contribution >= 4 is 17.2 Å². The van der Waals surface area contributed by atoms with Crippen molar-refractivity contribution < 1.29 is 0 Å². The standard InChI is InChI=1S/C14H17N5/c1-9-8-14(17-11(3)16-9)19-18-10(2)12-4-6-13(15)7-5-12/h4-8H,15H2,1-3H3,(H,16,17,19). The molecule has 0 saturated heterocycles. The number of nitrogens with two attached hydrogens (primary N) is 1. The van der Waals surface area contributed by atoms with Crippen molar-refractivity contribution in [1.82, 2.24) is 9.97 Å². The summed E-state index contributed by atoms with van der Waals surface area (Å²) in [7, 11) is 0. The van der Waals surface area contributed by atoms with Crippen molar-refractivity contribution in [2.75, 3.05) is 11.2 Å². The molecule has 0 aliphatic carbocycles. The average Bonchev–Trinajstić information content (AvgIpc) is 2.36. The Bertz CT molecular complexity index is 581. The highest BCUT2D eigenvalue weighted by Gasteiger charge is 1.99. The van der Waals surface area contributed by atoms with Gasteiger partial charge in [-0.2, -0.15) is 5.10 Å². The first kappa shape index (κ1) is 13.0. The molecule has 0 bridgehead atoms. The van der Waals surface area contributed by atoms with Crippen LogP contribution in [-0.4, -0.2) is 15.7 Å². The van der Waals surface area contributed by atoms with Gasteiger partial charge in [0.05, 0.1) is 5.71 Å². The first-order valence-corrected chi connectivity index (χ1v) is 6.03. The molecule has 0 aliphatic rings. The Labute approximate surface area is 112 Å². The molecule has 1 aromatic heterocycles. The van der Waals surface area contributed by atoms with E-state index in [1.165, 1.54) is 0 Å². The Morgan fingerprint density at radius 1 is 1.16 bits per heavy atom. The van der Waals surface area contributed by atoms with Crippen LogP contribution in [0.25, 0.3) is 0 Å². The van der Waals surface area contributed by atoms with Crippen molar-refractivity contribution in [3.63, 3.8) is 0 Å². The molecule has 1 aromatic carbocycles. The van der Waals surface area contributed by atoms with Crippen molar-refractivity contribution in [2.24, 2.45) is 5.10 Å². The van der Waals surface area contributed by atoms with Gasteiger partial charge in [0, 0.05) is 17.4 Å². The molecule has 0 radical (unpaired) electrons. The van der Waals surface area contributed by atoms with E-state index in [2.05, 4.69) is 20.5 Å². The Morgan fingerprint density at radius 3 is 2.47 bits per heavy atom. The molecule has 0 unspecified atom stereocenters. The maximum atomic E-state index is 5.65. The van der Waals surface area contributed by atoms with Crippen LogP contribution in [0.5, 0.6) is 0 Å². The van der Waals surface area contributed by atoms with E-state index < -0.39 is 0 Å². The van der Waals surface area contributed by atoms with Crippen LogP contribution in [0.3, 0.4) is 0 Å². The quantitative estimate of drug-likeness (QED) is 0.502. The topological polar surface area (TPSA) is 76.2 Å². The molecular formula is C14H17N5. The largest absolute Gasteiger partial charge is 0.399 e. The van der Waals surface area contributed by atoms with E-state index in [9.17, 15) is 0 Å². The van der Waals surface area contributed by atoms with Gasteiger partial charge < -0.3 is 5.73 Å². The van der Waals surface area contributed by atoms with Gasteiger partial charge in [-0.05, 0) is 38.5 Å². The SMILES string of the molecule is CC(=NNc1cc(C)nc(C)n1)c1ccc(N)cc1. The van der Waals surface area contributed by atoms with E-state index in [0.29, 0.717) is 5.82 Å². The van der Waals surface area contributed by atoms with Gasteiger partial charge in [-0.25, -0.2) is 9.97 Å². The number of nitrogen functional groups attached to an aromatic ring is 1. The monoisotopic (exact) mass is 255 g/mol. The first-order chi connectivity index (χ1) is 9.04. The summed E-state index contributed by atoms with van der Waals surface area (Å²) in [6, 6.07) is 9.44. The summed E-state index contributed by atoms with van der Waals surface area (Å²) in [5.74, 6) is 1.42. The van der Waals surface area contributed by atoms with Gasteiger partial charge in [-0.3, -0.25) is 5.43 Å². The summed E-state index contributed by atoms with van der Waals surface area (Å²) in [5, 5.41) is 4.31. The van der Waals surface area contributed by atoms with Gasteiger partial charge in [-0.1, -0.05) is 12.1 Å². The van der Waals surface area contributed by atoms with Gasteiger partial charge in [-0.15, -0.1) is 0 Å². The summed E-state index contributed by atoms with van der Waals surface area (Å²) in [6.07, 6.45) is 0. The molecule has 5 nitrogen and oxygen atoms in total. The molecule has 0 amide bonds. The highest BCUT2D eigenvalue weighted by atomic mass is 15.3. The fourth-order valence-electron chi connectivity index (χ4n) is 1.70. The highest BCUT2D eigenvalue weighted by Crippen LogP contribution is 2.09. The molecule has 3 N–H and O–H groups in total. The summed E-state index contributed by atoms with van der Waals surface area (Å²) in [5.41, 5.74) is 12.1. The summed E-state index contributed by atoms with van der Waals surface area (Å²) in [4.78, 5) is 8.48. The summed E-state index contributed by atoms with van der Waals surface area (Å²) >= 11 is 0. The second-order valence-electron chi connectivity index (χ2n) is 4.37. The molecule has 0 atom stereocenters. The van der Waals surface area contributed by atoms with E-state index in [-0.39, 0.29) is 0 Å². The van der Waals surface area contributed by atoms with E-state index in [4.69, 9.17) is 5.73 Å².